The Labute approximate surface area is 156 Å². The molecule has 1 aromatic heterocycles. The van der Waals surface area contributed by atoms with Crippen LogP contribution in [0.4, 0.5) is 0 Å². The van der Waals surface area contributed by atoms with Crippen LogP contribution in [0.25, 0.3) is 0 Å². The zero-order chi connectivity index (χ0) is 18.5. The Bertz CT molecular complexity index is 617. The van der Waals surface area contributed by atoms with E-state index in [1.165, 1.54) is 12.8 Å². The molecular weight excluding hydrogens is 328 g/mol. The number of amides is 2. The second kappa shape index (κ2) is 8.62. The fourth-order valence-electron chi connectivity index (χ4n) is 3.81. The molecule has 26 heavy (non-hydrogen) atoms. The van der Waals surface area contributed by atoms with Crippen molar-refractivity contribution < 1.29 is 9.59 Å². The van der Waals surface area contributed by atoms with Gasteiger partial charge in [0.1, 0.15) is 0 Å². The molecule has 1 saturated carbocycles. The van der Waals surface area contributed by atoms with Crippen LogP contribution in [0.15, 0.2) is 18.3 Å². The fourth-order valence-corrected chi connectivity index (χ4v) is 3.81. The van der Waals surface area contributed by atoms with Gasteiger partial charge in [0, 0.05) is 44.1 Å². The number of rotatable bonds is 5. The Balaban J connectivity index is 1.44. The lowest BCUT2D eigenvalue weighted by atomic mass is 10.1. The zero-order valence-electron chi connectivity index (χ0n) is 15.9. The summed E-state index contributed by atoms with van der Waals surface area (Å²) in [7, 11) is 0. The van der Waals surface area contributed by atoms with Gasteiger partial charge in [0.25, 0.3) is 0 Å². The lowest BCUT2D eigenvalue weighted by Gasteiger charge is -2.37. The van der Waals surface area contributed by atoms with Crippen molar-refractivity contribution in [3.8, 4) is 0 Å². The summed E-state index contributed by atoms with van der Waals surface area (Å²) in [5, 5.41) is 3.18. The van der Waals surface area contributed by atoms with Crippen molar-refractivity contribution in [2.75, 3.05) is 26.2 Å². The van der Waals surface area contributed by atoms with Gasteiger partial charge in [-0.3, -0.25) is 19.5 Å². The number of hydrogen-bond acceptors (Lipinski definition) is 4. The van der Waals surface area contributed by atoms with Gasteiger partial charge in [-0.2, -0.15) is 0 Å². The number of carbonyl (C=O) groups excluding carboxylic acids is 2. The third kappa shape index (κ3) is 4.81. The first kappa shape index (κ1) is 18.8. The summed E-state index contributed by atoms with van der Waals surface area (Å²) in [6.45, 7) is 6.77. The minimum absolute atomic E-state index is 0.127. The Hall–Kier alpha value is -1.95. The molecule has 3 rings (SSSR count). The van der Waals surface area contributed by atoms with E-state index in [2.05, 4.69) is 15.2 Å². The lowest BCUT2D eigenvalue weighted by molar-refractivity contribution is -0.133. The number of nitrogens with zero attached hydrogens (tertiary/aromatic N) is 3. The Morgan fingerprint density at radius 1 is 1.19 bits per heavy atom. The number of pyridine rings is 1. The molecule has 1 saturated heterocycles. The molecule has 0 spiro atoms. The highest BCUT2D eigenvalue weighted by molar-refractivity contribution is 5.82. The predicted octanol–water partition coefficient (Wildman–Crippen LogP) is 1.52. The van der Waals surface area contributed by atoms with Gasteiger partial charge in [-0.1, -0.05) is 18.9 Å². The maximum absolute atomic E-state index is 12.5. The Morgan fingerprint density at radius 3 is 2.50 bits per heavy atom. The van der Waals surface area contributed by atoms with E-state index < -0.39 is 0 Å². The van der Waals surface area contributed by atoms with Crippen molar-refractivity contribution >= 4 is 11.8 Å². The van der Waals surface area contributed by atoms with Crippen LogP contribution >= 0.6 is 0 Å². The minimum Gasteiger partial charge on any atom is -0.352 e. The molecular formula is C20H30N4O2. The second-order valence-corrected chi connectivity index (χ2v) is 7.57. The van der Waals surface area contributed by atoms with E-state index >= 15 is 0 Å². The highest BCUT2D eigenvalue weighted by Crippen LogP contribution is 2.18. The normalized spacial score (nSPS) is 20.2. The average molecular weight is 358 g/mol. The molecule has 2 amide bonds. The highest BCUT2D eigenvalue weighted by Gasteiger charge is 2.29. The van der Waals surface area contributed by atoms with Crippen molar-refractivity contribution in [2.45, 2.75) is 58.0 Å². The van der Waals surface area contributed by atoms with Gasteiger partial charge in [0.05, 0.1) is 12.5 Å². The van der Waals surface area contributed by atoms with E-state index in [9.17, 15) is 9.59 Å². The summed E-state index contributed by atoms with van der Waals surface area (Å²) < 4.78 is 0. The summed E-state index contributed by atoms with van der Waals surface area (Å²) in [6.07, 6.45) is 6.82. The first-order chi connectivity index (χ1) is 12.5. The van der Waals surface area contributed by atoms with Gasteiger partial charge < -0.3 is 10.2 Å². The van der Waals surface area contributed by atoms with Crippen molar-refractivity contribution in [1.82, 2.24) is 20.1 Å². The molecule has 0 radical (unpaired) electrons. The molecule has 6 nitrogen and oxygen atoms in total. The van der Waals surface area contributed by atoms with Gasteiger partial charge in [-0.25, -0.2) is 0 Å². The zero-order valence-corrected chi connectivity index (χ0v) is 15.9. The molecule has 2 heterocycles. The molecule has 1 N–H and O–H groups in total. The van der Waals surface area contributed by atoms with Crippen LogP contribution in [0.1, 0.15) is 43.9 Å². The van der Waals surface area contributed by atoms with E-state index in [4.69, 9.17) is 0 Å². The lowest BCUT2D eigenvalue weighted by Crippen LogP contribution is -2.55. The molecule has 0 unspecified atom stereocenters. The highest BCUT2D eigenvalue weighted by atomic mass is 16.2. The molecule has 2 fully saturated rings. The van der Waals surface area contributed by atoms with Crippen molar-refractivity contribution in [1.29, 1.82) is 0 Å². The minimum atomic E-state index is -0.130. The van der Waals surface area contributed by atoms with Crippen LogP contribution in [-0.2, 0) is 16.0 Å². The summed E-state index contributed by atoms with van der Waals surface area (Å²) in [5.41, 5.74) is 1.91. The smallest absolute Gasteiger partial charge is 0.237 e. The quantitative estimate of drug-likeness (QED) is 0.867. The van der Waals surface area contributed by atoms with Gasteiger partial charge in [0.15, 0.2) is 0 Å². The predicted molar refractivity (Wildman–Crippen MR) is 101 cm³/mol. The van der Waals surface area contributed by atoms with Gasteiger partial charge in [0.2, 0.25) is 11.8 Å². The van der Waals surface area contributed by atoms with Crippen molar-refractivity contribution in [2.24, 2.45) is 0 Å². The van der Waals surface area contributed by atoms with E-state index in [1.54, 1.807) is 6.20 Å². The molecule has 0 aromatic carbocycles. The second-order valence-electron chi connectivity index (χ2n) is 7.57. The molecule has 1 aromatic rings. The maximum atomic E-state index is 12.5. The largest absolute Gasteiger partial charge is 0.352 e. The topological polar surface area (TPSA) is 65.5 Å². The first-order valence-electron chi connectivity index (χ1n) is 9.76. The Kier molecular flexibility index (Phi) is 6.25. The molecule has 6 heteroatoms. The van der Waals surface area contributed by atoms with Gasteiger partial charge in [-0.15, -0.1) is 0 Å². The first-order valence-corrected chi connectivity index (χ1v) is 9.76. The number of piperazine rings is 1. The van der Waals surface area contributed by atoms with Crippen molar-refractivity contribution in [3.63, 3.8) is 0 Å². The number of hydrogen-bond donors (Lipinski definition) is 1. The fraction of sp³-hybridized carbons (Fsp3) is 0.650. The SMILES string of the molecule is Cc1ccc(CC(=O)N2CCN([C@@H](C)C(=O)NC3CCCC3)CC2)cn1. The van der Waals surface area contributed by atoms with Crippen LogP contribution in [-0.4, -0.2) is 64.9 Å². The maximum Gasteiger partial charge on any atom is 0.237 e. The number of nitrogens with one attached hydrogen (secondary N) is 1. The van der Waals surface area contributed by atoms with Gasteiger partial charge >= 0.3 is 0 Å². The monoisotopic (exact) mass is 358 g/mol. The number of aryl methyl sites for hydroxylation is 1. The molecule has 2 aliphatic rings. The summed E-state index contributed by atoms with van der Waals surface area (Å²) in [4.78, 5) is 33.3. The van der Waals surface area contributed by atoms with E-state index in [0.717, 1.165) is 37.2 Å². The average Bonchev–Trinajstić information content (AvgIpc) is 3.16. The van der Waals surface area contributed by atoms with Crippen LogP contribution in [0.2, 0.25) is 0 Å². The molecule has 1 aliphatic heterocycles. The van der Waals surface area contributed by atoms with E-state index in [1.807, 2.05) is 30.9 Å². The Morgan fingerprint density at radius 2 is 1.88 bits per heavy atom. The molecule has 0 bridgehead atoms. The van der Waals surface area contributed by atoms with Crippen LogP contribution in [0, 0.1) is 6.92 Å². The standard InChI is InChI=1S/C20H30N4O2/c1-15-7-8-17(14-21-15)13-19(25)24-11-9-23(10-12-24)16(2)20(26)22-18-5-3-4-6-18/h7-8,14,16,18H,3-6,9-13H2,1-2H3,(H,22,26)/t16-/m0/s1. The summed E-state index contributed by atoms with van der Waals surface area (Å²) in [6, 6.07) is 4.13. The van der Waals surface area contributed by atoms with E-state index in [0.29, 0.717) is 25.6 Å². The number of carbonyl (C=O) groups is 2. The van der Waals surface area contributed by atoms with Gasteiger partial charge in [-0.05, 0) is 38.3 Å². The summed E-state index contributed by atoms with van der Waals surface area (Å²) in [5.74, 6) is 0.265. The number of aromatic nitrogens is 1. The van der Waals surface area contributed by atoms with Crippen molar-refractivity contribution in [3.05, 3.63) is 29.6 Å². The van der Waals surface area contributed by atoms with Crippen LogP contribution in [0.5, 0.6) is 0 Å². The third-order valence-electron chi connectivity index (χ3n) is 5.62. The third-order valence-corrected chi connectivity index (χ3v) is 5.62. The molecule has 1 aliphatic carbocycles. The van der Waals surface area contributed by atoms with Crippen LogP contribution in [0.3, 0.4) is 0 Å². The van der Waals surface area contributed by atoms with E-state index in [-0.39, 0.29) is 17.9 Å². The van der Waals surface area contributed by atoms with Crippen LogP contribution < -0.4 is 5.32 Å². The molecule has 142 valence electrons. The molecule has 1 atom stereocenters. The summed E-state index contributed by atoms with van der Waals surface area (Å²) >= 11 is 0.